The van der Waals surface area contributed by atoms with E-state index >= 15 is 0 Å². The van der Waals surface area contributed by atoms with Gasteiger partial charge in [0.25, 0.3) is 11.8 Å². The molecule has 0 bridgehead atoms. The molecule has 3 N–H and O–H groups in total. The summed E-state index contributed by atoms with van der Waals surface area (Å²) in [5.74, 6) is -0.912. The lowest BCUT2D eigenvalue weighted by atomic mass is 9.87. The third-order valence-electron chi connectivity index (χ3n) is 4.98. The fourth-order valence-corrected chi connectivity index (χ4v) is 3.75. The number of benzene rings is 2. The summed E-state index contributed by atoms with van der Waals surface area (Å²) in [7, 11) is 1.85. The third kappa shape index (κ3) is 4.41. The number of quaternary nitrogens is 1. The fourth-order valence-electron chi connectivity index (χ4n) is 3.53. The molecule has 0 radical (unpaired) electrons. The highest BCUT2D eigenvalue weighted by atomic mass is 35.5. The van der Waals surface area contributed by atoms with Gasteiger partial charge in [-0.25, -0.2) is 4.79 Å². The summed E-state index contributed by atoms with van der Waals surface area (Å²) in [5, 5.41) is 4.16. The SMILES string of the molecule is CC[C@]1(c2ccccc2)NC(=O)N(NC(=O)C[NH+](C)Cc2cccc(Cl)c2)C1=O. The fraction of sp³-hybridized carbons (Fsp3) is 0.286. The molecule has 1 heterocycles. The molecule has 1 unspecified atom stereocenters. The summed E-state index contributed by atoms with van der Waals surface area (Å²) in [5.41, 5.74) is 2.95. The molecule has 7 nitrogen and oxygen atoms in total. The van der Waals surface area contributed by atoms with Crippen LogP contribution in [0, 0.1) is 0 Å². The molecule has 8 heteroatoms. The van der Waals surface area contributed by atoms with E-state index in [1.807, 2.05) is 50.4 Å². The van der Waals surface area contributed by atoms with Gasteiger partial charge in [-0.2, -0.15) is 5.01 Å². The van der Waals surface area contributed by atoms with Crippen molar-refractivity contribution in [2.75, 3.05) is 13.6 Å². The number of hydrogen-bond donors (Lipinski definition) is 3. The monoisotopic (exact) mass is 415 g/mol. The third-order valence-corrected chi connectivity index (χ3v) is 5.22. The van der Waals surface area contributed by atoms with Gasteiger partial charge in [0.05, 0.1) is 7.05 Å². The van der Waals surface area contributed by atoms with Crippen molar-refractivity contribution in [3.05, 3.63) is 70.7 Å². The number of nitrogens with zero attached hydrogens (tertiary/aromatic N) is 1. The maximum absolute atomic E-state index is 13.0. The van der Waals surface area contributed by atoms with E-state index in [0.29, 0.717) is 23.6 Å². The van der Waals surface area contributed by atoms with Crippen molar-refractivity contribution in [1.82, 2.24) is 15.8 Å². The average molecular weight is 416 g/mol. The number of likely N-dealkylation sites (N-methyl/N-ethyl adjacent to an activating group) is 1. The van der Waals surface area contributed by atoms with Crippen molar-refractivity contribution in [2.45, 2.75) is 25.4 Å². The number of hydrazine groups is 1. The van der Waals surface area contributed by atoms with Crippen LogP contribution in [0.25, 0.3) is 0 Å². The second-order valence-electron chi connectivity index (χ2n) is 7.17. The number of nitrogens with one attached hydrogen (secondary N) is 3. The Morgan fingerprint density at radius 3 is 2.55 bits per heavy atom. The Kier molecular flexibility index (Phi) is 6.20. The zero-order valence-electron chi connectivity index (χ0n) is 16.4. The van der Waals surface area contributed by atoms with Crippen molar-refractivity contribution in [3.63, 3.8) is 0 Å². The quantitative estimate of drug-likeness (QED) is 0.595. The molecule has 1 aliphatic heterocycles. The summed E-state index contributed by atoms with van der Waals surface area (Å²) in [6, 6.07) is 15.8. The predicted molar refractivity (Wildman–Crippen MR) is 109 cm³/mol. The average Bonchev–Trinajstić information content (AvgIpc) is 2.93. The van der Waals surface area contributed by atoms with Gasteiger partial charge < -0.3 is 10.2 Å². The Balaban J connectivity index is 1.66. The normalized spacial score (nSPS) is 19.8. The molecule has 2 aromatic rings. The first kappa shape index (κ1) is 20.8. The highest BCUT2D eigenvalue weighted by Gasteiger charge is 2.52. The van der Waals surface area contributed by atoms with Crippen LogP contribution in [0.2, 0.25) is 5.02 Å². The number of carbonyl (C=O) groups is 3. The van der Waals surface area contributed by atoms with E-state index in [1.54, 1.807) is 18.2 Å². The molecule has 0 aliphatic carbocycles. The standard InChI is InChI=1S/C21H23ClN4O3/c1-3-21(16-9-5-4-6-10-16)19(28)26(20(29)23-21)24-18(27)14-25(2)13-15-8-7-11-17(22)12-15/h4-12H,3,13-14H2,1-2H3,(H,23,29)(H,24,27)/p+1/t21-/m1/s1. The van der Waals surface area contributed by atoms with Crippen LogP contribution in [-0.2, 0) is 21.7 Å². The minimum Gasteiger partial charge on any atom is -0.326 e. The molecule has 4 amide bonds. The minimum atomic E-state index is -1.18. The molecule has 3 rings (SSSR count). The van der Waals surface area contributed by atoms with Crippen molar-refractivity contribution < 1.29 is 19.3 Å². The highest BCUT2D eigenvalue weighted by Crippen LogP contribution is 2.31. The summed E-state index contributed by atoms with van der Waals surface area (Å²) >= 11 is 5.99. The molecule has 1 fully saturated rings. The van der Waals surface area contributed by atoms with Crippen LogP contribution in [0.1, 0.15) is 24.5 Å². The van der Waals surface area contributed by atoms with Crippen LogP contribution >= 0.6 is 11.6 Å². The van der Waals surface area contributed by atoms with Gasteiger partial charge in [-0.05, 0) is 24.1 Å². The lowest BCUT2D eigenvalue weighted by Gasteiger charge is -2.25. The van der Waals surface area contributed by atoms with E-state index < -0.39 is 23.4 Å². The lowest BCUT2D eigenvalue weighted by Crippen LogP contribution is -3.09. The summed E-state index contributed by atoms with van der Waals surface area (Å²) in [6.45, 7) is 2.49. The smallest absolute Gasteiger partial charge is 0.326 e. The number of rotatable bonds is 7. The highest BCUT2D eigenvalue weighted by molar-refractivity contribution is 6.30. The first-order valence-electron chi connectivity index (χ1n) is 9.43. The van der Waals surface area contributed by atoms with Crippen LogP contribution in [0.15, 0.2) is 54.6 Å². The maximum Gasteiger partial charge on any atom is 0.344 e. The van der Waals surface area contributed by atoms with Crippen LogP contribution < -0.4 is 15.6 Å². The lowest BCUT2D eigenvalue weighted by molar-refractivity contribution is -0.885. The van der Waals surface area contributed by atoms with Crippen LogP contribution in [0.3, 0.4) is 0 Å². The number of amides is 4. The van der Waals surface area contributed by atoms with Crippen LogP contribution in [0.5, 0.6) is 0 Å². The summed E-state index contributed by atoms with van der Waals surface area (Å²) in [6.07, 6.45) is 0.369. The van der Waals surface area contributed by atoms with E-state index in [2.05, 4.69) is 10.7 Å². The number of hydrogen-bond acceptors (Lipinski definition) is 3. The van der Waals surface area contributed by atoms with Gasteiger partial charge in [-0.1, -0.05) is 61.0 Å². The molecule has 152 valence electrons. The maximum atomic E-state index is 13.0. The van der Waals surface area contributed by atoms with Crippen LogP contribution in [-0.4, -0.2) is 36.4 Å². The molecule has 0 spiro atoms. The first-order chi connectivity index (χ1) is 13.9. The summed E-state index contributed by atoms with van der Waals surface area (Å²) in [4.78, 5) is 38.8. The number of imide groups is 1. The van der Waals surface area contributed by atoms with Crippen molar-refractivity contribution >= 4 is 29.4 Å². The predicted octanol–water partition coefficient (Wildman–Crippen LogP) is 1.24. The van der Waals surface area contributed by atoms with Gasteiger partial charge in [0, 0.05) is 10.6 Å². The minimum absolute atomic E-state index is 0.0913. The van der Waals surface area contributed by atoms with Crippen molar-refractivity contribution in [2.24, 2.45) is 0 Å². The molecular weight excluding hydrogens is 392 g/mol. The van der Waals surface area contributed by atoms with Crippen molar-refractivity contribution in [3.8, 4) is 0 Å². The van der Waals surface area contributed by atoms with Crippen LogP contribution in [0.4, 0.5) is 4.79 Å². The molecule has 29 heavy (non-hydrogen) atoms. The van der Waals surface area contributed by atoms with E-state index in [1.165, 1.54) is 0 Å². The Hall–Kier alpha value is -2.90. The molecule has 2 aromatic carbocycles. The van der Waals surface area contributed by atoms with Gasteiger partial charge in [0.2, 0.25) is 0 Å². The van der Waals surface area contributed by atoms with Crippen molar-refractivity contribution in [1.29, 1.82) is 0 Å². The largest absolute Gasteiger partial charge is 0.344 e. The topological polar surface area (TPSA) is 83.0 Å². The van der Waals surface area contributed by atoms with Gasteiger partial charge in [0.1, 0.15) is 12.1 Å². The molecule has 1 aliphatic rings. The van der Waals surface area contributed by atoms with E-state index in [0.717, 1.165) is 15.5 Å². The Labute approximate surface area is 174 Å². The second-order valence-corrected chi connectivity index (χ2v) is 7.61. The molecule has 0 aromatic heterocycles. The Morgan fingerprint density at radius 1 is 1.17 bits per heavy atom. The number of halogens is 1. The molecule has 0 saturated carbocycles. The van der Waals surface area contributed by atoms with E-state index in [4.69, 9.17) is 11.6 Å². The van der Waals surface area contributed by atoms with Gasteiger partial charge >= 0.3 is 6.03 Å². The number of carbonyl (C=O) groups excluding carboxylic acids is 3. The zero-order chi connectivity index (χ0) is 21.0. The van der Waals surface area contributed by atoms with E-state index in [9.17, 15) is 14.4 Å². The van der Waals surface area contributed by atoms with E-state index in [-0.39, 0.29) is 6.54 Å². The molecule has 1 saturated heterocycles. The molecule has 2 atom stereocenters. The second kappa shape index (κ2) is 8.63. The van der Waals surface area contributed by atoms with Gasteiger partial charge in [-0.15, -0.1) is 0 Å². The van der Waals surface area contributed by atoms with Gasteiger partial charge in [-0.3, -0.25) is 15.0 Å². The Bertz CT molecular complexity index is 921. The Morgan fingerprint density at radius 2 is 1.90 bits per heavy atom. The first-order valence-corrected chi connectivity index (χ1v) is 9.81. The molecular formula is C21H24ClN4O3+. The zero-order valence-corrected chi connectivity index (χ0v) is 17.1. The summed E-state index contributed by atoms with van der Waals surface area (Å²) < 4.78 is 0. The van der Waals surface area contributed by atoms with Gasteiger partial charge in [0.15, 0.2) is 6.54 Å². The number of urea groups is 1.